The molecule has 3 aromatic heterocycles. The molecule has 1 aliphatic rings. The number of nitrogens with one attached hydrogen (secondary N) is 1. The monoisotopic (exact) mass is 530 g/mol. The third-order valence-corrected chi connectivity index (χ3v) is 6.18. The lowest BCUT2D eigenvalue weighted by molar-refractivity contribution is -0.385. The predicted molar refractivity (Wildman–Crippen MR) is 128 cm³/mol. The number of aryl methyl sites for hydroxylation is 1. The molecule has 198 valence electrons. The van der Waals surface area contributed by atoms with Gasteiger partial charge in [0.15, 0.2) is 11.3 Å². The summed E-state index contributed by atoms with van der Waals surface area (Å²) in [5.41, 5.74) is -0.929. The number of rotatable bonds is 5. The molecular formula is C23H21F3N8O4. The first-order valence-electron chi connectivity index (χ1n) is 11.5. The molecule has 1 atom stereocenters. The van der Waals surface area contributed by atoms with Crippen molar-refractivity contribution in [1.82, 2.24) is 29.5 Å². The highest BCUT2D eigenvalue weighted by Crippen LogP contribution is 2.35. The number of ether oxygens (including phenoxy) is 1. The van der Waals surface area contributed by atoms with E-state index < -0.39 is 28.4 Å². The maximum Gasteiger partial charge on any atom is 0.416 e. The molecule has 5 rings (SSSR count). The van der Waals surface area contributed by atoms with Crippen molar-refractivity contribution in [2.45, 2.75) is 26.1 Å². The van der Waals surface area contributed by atoms with Crippen molar-refractivity contribution in [1.29, 1.82) is 0 Å². The van der Waals surface area contributed by atoms with Crippen LogP contribution >= 0.6 is 0 Å². The molecule has 0 saturated carbocycles. The largest absolute Gasteiger partial charge is 0.416 e. The Balaban J connectivity index is 1.61. The average Bonchev–Trinajstić information content (AvgIpc) is 3.38. The molecule has 15 heteroatoms. The van der Waals surface area contributed by atoms with E-state index in [1.54, 1.807) is 24.8 Å². The number of non-ortho nitro benzene ring substituents is 1. The van der Waals surface area contributed by atoms with Crippen molar-refractivity contribution >= 4 is 34.1 Å². The van der Waals surface area contributed by atoms with Gasteiger partial charge in [0, 0.05) is 25.2 Å². The molecule has 0 radical (unpaired) electrons. The van der Waals surface area contributed by atoms with Gasteiger partial charge in [0.05, 0.1) is 40.7 Å². The zero-order chi connectivity index (χ0) is 27.2. The summed E-state index contributed by atoms with van der Waals surface area (Å²) in [7, 11) is 0. The molecule has 0 spiro atoms. The molecule has 0 aliphatic carbocycles. The summed E-state index contributed by atoms with van der Waals surface area (Å²) >= 11 is 0. The second-order valence-electron chi connectivity index (χ2n) is 8.75. The normalized spacial score (nSPS) is 15.1. The van der Waals surface area contributed by atoms with Crippen LogP contribution in [-0.4, -0.2) is 66.6 Å². The predicted octanol–water partition coefficient (Wildman–Crippen LogP) is 3.55. The topological polar surface area (TPSA) is 141 Å². The number of nitro benzene ring substituents is 1. The fourth-order valence-corrected chi connectivity index (χ4v) is 4.30. The molecule has 0 unspecified atom stereocenters. The molecule has 4 aromatic rings. The standard InChI is InChI=1S/C23H21F3N8O4/c1-12(14-7-15(23(24,25)26)9-16(8-14)34(36)37)29-19-17-10-18(22(35)32-3-5-38-6-4-32)20-27-11-28-33(20)21(17)31-13(2)30-19/h7-12H,3-6H2,1-2H3,(H,29,30,31)/t12-/m1/s1. The summed E-state index contributed by atoms with van der Waals surface area (Å²) < 4.78 is 47.0. The van der Waals surface area contributed by atoms with Gasteiger partial charge in [-0.1, -0.05) is 0 Å². The Morgan fingerprint density at radius 3 is 2.58 bits per heavy atom. The van der Waals surface area contributed by atoms with Gasteiger partial charge in [0.1, 0.15) is 18.0 Å². The van der Waals surface area contributed by atoms with Crippen molar-refractivity contribution < 1.29 is 27.6 Å². The number of halogens is 3. The highest BCUT2D eigenvalue weighted by molar-refractivity contribution is 6.04. The highest BCUT2D eigenvalue weighted by Gasteiger charge is 2.33. The van der Waals surface area contributed by atoms with Crippen molar-refractivity contribution in [2.24, 2.45) is 0 Å². The quantitative estimate of drug-likeness (QED) is 0.303. The van der Waals surface area contributed by atoms with Crippen molar-refractivity contribution in [2.75, 3.05) is 31.6 Å². The Hall–Kier alpha value is -4.40. The number of nitrogens with zero attached hydrogens (tertiary/aromatic N) is 7. The Morgan fingerprint density at radius 2 is 1.89 bits per heavy atom. The van der Waals surface area contributed by atoms with E-state index in [9.17, 15) is 28.1 Å². The summed E-state index contributed by atoms with van der Waals surface area (Å²) in [6.45, 7) is 4.78. The first kappa shape index (κ1) is 25.3. The van der Waals surface area contributed by atoms with Gasteiger partial charge in [-0.3, -0.25) is 14.9 Å². The molecule has 1 saturated heterocycles. The number of hydrogen-bond donors (Lipinski definition) is 1. The van der Waals surface area contributed by atoms with E-state index in [1.807, 2.05) is 0 Å². The molecule has 1 amide bonds. The van der Waals surface area contributed by atoms with E-state index in [0.717, 1.165) is 12.1 Å². The zero-order valence-corrected chi connectivity index (χ0v) is 20.2. The first-order valence-corrected chi connectivity index (χ1v) is 11.5. The summed E-state index contributed by atoms with van der Waals surface area (Å²) in [5, 5.41) is 18.9. The number of hydrogen-bond acceptors (Lipinski definition) is 9. The van der Waals surface area contributed by atoms with Crippen LogP contribution in [0.4, 0.5) is 24.7 Å². The molecule has 1 N–H and O–H groups in total. The average molecular weight is 530 g/mol. The van der Waals surface area contributed by atoms with Crippen molar-refractivity contribution in [3.63, 3.8) is 0 Å². The second-order valence-corrected chi connectivity index (χ2v) is 8.75. The Bertz CT molecular complexity index is 1570. The van der Waals surface area contributed by atoms with E-state index in [2.05, 4.69) is 25.4 Å². The van der Waals surface area contributed by atoms with Crippen LogP contribution in [0.25, 0.3) is 16.7 Å². The maximum atomic E-state index is 13.4. The van der Waals surface area contributed by atoms with Gasteiger partial charge in [-0.05, 0) is 31.5 Å². The molecule has 1 fully saturated rings. The molecule has 1 aromatic carbocycles. The minimum Gasteiger partial charge on any atom is -0.378 e. The van der Waals surface area contributed by atoms with Crippen LogP contribution in [0.1, 0.15) is 40.3 Å². The lowest BCUT2D eigenvalue weighted by atomic mass is 10.0. The van der Waals surface area contributed by atoms with Gasteiger partial charge in [0.25, 0.3) is 11.6 Å². The van der Waals surface area contributed by atoms with Crippen molar-refractivity contribution in [3.8, 4) is 0 Å². The van der Waals surface area contributed by atoms with Gasteiger partial charge in [-0.25, -0.2) is 15.0 Å². The smallest absolute Gasteiger partial charge is 0.378 e. The van der Waals surface area contributed by atoms with Gasteiger partial charge in [-0.2, -0.15) is 22.8 Å². The summed E-state index contributed by atoms with van der Waals surface area (Å²) in [4.78, 5) is 38.5. The number of benzene rings is 1. The van der Waals surface area contributed by atoms with Crippen LogP contribution < -0.4 is 5.32 Å². The summed E-state index contributed by atoms with van der Waals surface area (Å²) in [5.74, 6) is 0.251. The minimum atomic E-state index is -4.77. The SMILES string of the molecule is Cc1nc(N[C@H](C)c2cc([N+](=O)[O-])cc(C(F)(F)F)c2)c2cc(C(=O)N3CCOCC3)c3ncnn3c2n1. The molecule has 0 bridgehead atoms. The minimum absolute atomic E-state index is 0.0300. The molecule has 1 aliphatic heterocycles. The molecule has 38 heavy (non-hydrogen) atoms. The zero-order valence-electron chi connectivity index (χ0n) is 20.2. The third-order valence-electron chi connectivity index (χ3n) is 6.18. The number of pyridine rings is 1. The number of nitro groups is 1. The number of fused-ring (bicyclic) bond motifs is 3. The van der Waals surface area contributed by atoms with Crippen LogP contribution in [0.15, 0.2) is 30.6 Å². The van der Waals surface area contributed by atoms with E-state index in [0.29, 0.717) is 54.9 Å². The Kier molecular flexibility index (Phi) is 6.30. The van der Waals surface area contributed by atoms with Gasteiger partial charge >= 0.3 is 6.18 Å². The maximum absolute atomic E-state index is 13.4. The molecule has 12 nitrogen and oxygen atoms in total. The van der Waals surface area contributed by atoms with E-state index in [-0.39, 0.29) is 22.9 Å². The van der Waals surface area contributed by atoms with E-state index in [4.69, 9.17) is 4.74 Å². The van der Waals surface area contributed by atoms with Crippen LogP contribution in [0, 0.1) is 17.0 Å². The molecule has 4 heterocycles. The Labute approximate surface area is 212 Å². The highest BCUT2D eigenvalue weighted by atomic mass is 19.4. The second kappa shape index (κ2) is 9.48. The fourth-order valence-electron chi connectivity index (χ4n) is 4.30. The lowest BCUT2D eigenvalue weighted by Gasteiger charge is -2.27. The first-order chi connectivity index (χ1) is 18.0. The van der Waals surface area contributed by atoms with E-state index in [1.165, 1.54) is 10.8 Å². The summed E-state index contributed by atoms with van der Waals surface area (Å²) in [6, 6.07) is 3.15. The van der Waals surface area contributed by atoms with Crippen LogP contribution in [-0.2, 0) is 10.9 Å². The van der Waals surface area contributed by atoms with Gasteiger partial charge in [-0.15, -0.1) is 0 Å². The summed E-state index contributed by atoms with van der Waals surface area (Å²) in [6.07, 6.45) is -3.48. The number of amides is 1. The van der Waals surface area contributed by atoms with Crippen molar-refractivity contribution in [3.05, 3.63) is 63.2 Å². The lowest BCUT2D eigenvalue weighted by Crippen LogP contribution is -2.40. The third kappa shape index (κ3) is 4.67. The Morgan fingerprint density at radius 1 is 1.16 bits per heavy atom. The van der Waals surface area contributed by atoms with Crippen LogP contribution in [0.3, 0.4) is 0 Å². The fraction of sp³-hybridized carbons (Fsp3) is 0.348. The van der Waals surface area contributed by atoms with Gasteiger partial charge in [0.2, 0.25) is 0 Å². The van der Waals surface area contributed by atoms with Crippen LogP contribution in [0.2, 0.25) is 0 Å². The number of anilines is 1. The number of alkyl halides is 3. The van der Waals surface area contributed by atoms with E-state index >= 15 is 0 Å². The number of aromatic nitrogens is 5. The molecular weight excluding hydrogens is 509 g/mol. The number of morpholine rings is 1. The van der Waals surface area contributed by atoms with Crippen LogP contribution in [0.5, 0.6) is 0 Å². The van der Waals surface area contributed by atoms with Gasteiger partial charge < -0.3 is 15.0 Å². The number of carbonyl (C=O) groups is 1. The number of carbonyl (C=O) groups excluding carboxylic acids is 1.